The highest BCUT2D eigenvalue weighted by Gasteiger charge is 2.35. The van der Waals surface area contributed by atoms with Gasteiger partial charge in [-0.3, -0.25) is 4.79 Å². The molecule has 2 aliphatic rings. The summed E-state index contributed by atoms with van der Waals surface area (Å²) in [5.74, 6) is 1.40. The van der Waals surface area contributed by atoms with E-state index in [1.807, 2.05) is 30.5 Å². The highest BCUT2D eigenvalue weighted by atomic mass is 16.2. The molecule has 0 spiro atoms. The van der Waals surface area contributed by atoms with Crippen LogP contribution in [0, 0.1) is 5.92 Å². The second-order valence-electron chi connectivity index (χ2n) is 7.07. The Morgan fingerprint density at radius 3 is 2.56 bits per heavy atom. The normalized spacial score (nSPS) is 23.7. The summed E-state index contributed by atoms with van der Waals surface area (Å²) in [7, 11) is 0. The first-order valence-electron chi connectivity index (χ1n) is 9.34. The van der Waals surface area contributed by atoms with E-state index >= 15 is 0 Å². The van der Waals surface area contributed by atoms with E-state index in [0.717, 1.165) is 51.1 Å². The number of nitrogens with zero attached hydrogens (tertiary/aromatic N) is 3. The van der Waals surface area contributed by atoms with Gasteiger partial charge in [-0.2, -0.15) is 0 Å². The molecular weight excluding hydrogens is 310 g/mol. The van der Waals surface area contributed by atoms with Crippen molar-refractivity contribution in [3.05, 3.63) is 60.3 Å². The van der Waals surface area contributed by atoms with Crippen molar-refractivity contribution < 1.29 is 4.79 Å². The summed E-state index contributed by atoms with van der Waals surface area (Å²) < 4.78 is 0. The maximum atomic E-state index is 13.2. The molecule has 2 fully saturated rings. The van der Waals surface area contributed by atoms with Crippen LogP contribution in [0.5, 0.6) is 0 Å². The second kappa shape index (κ2) is 7.26. The number of benzene rings is 1. The molecule has 2 aromatic rings. The molecule has 0 saturated carbocycles. The molecule has 0 N–H and O–H groups in total. The standard InChI is InChI=1S/C21H25N3O/c25-21(24-15-7-11-19(24)17-8-2-1-3-9-17)18-10-6-14-23(16-18)20-12-4-5-13-22-20/h1-5,8-9,12-13,18-19H,6-7,10-11,14-16H2/t18-,19-/m1/s1. The number of piperidine rings is 1. The third kappa shape index (κ3) is 3.39. The fraction of sp³-hybridized carbons (Fsp3) is 0.429. The van der Waals surface area contributed by atoms with Gasteiger partial charge in [-0.1, -0.05) is 36.4 Å². The van der Waals surface area contributed by atoms with Crippen molar-refractivity contribution in [2.24, 2.45) is 5.92 Å². The summed E-state index contributed by atoms with van der Waals surface area (Å²) >= 11 is 0. The Balaban J connectivity index is 1.48. The fourth-order valence-corrected chi connectivity index (χ4v) is 4.21. The van der Waals surface area contributed by atoms with Crippen LogP contribution in [0.1, 0.15) is 37.3 Å². The van der Waals surface area contributed by atoms with E-state index in [0.29, 0.717) is 5.91 Å². The van der Waals surface area contributed by atoms with Crippen molar-refractivity contribution >= 4 is 11.7 Å². The van der Waals surface area contributed by atoms with E-state index in [1.165, 1.54) is 5.56 Å². The number of rotatable bonds is 3. The zero-order chi connectivity index (χ0) is 17.1. The van der Waals surface area contributed by atoms with Crippen LogP contribution in [0.25, 0.3) is 0 Å². The van der Waals surface area contributed by atoms with Gasteiger partial charge >= 0.3 is 0 Å². The molecule has 2 saturated heterocycles. The highest BCUT2D eigenvalue weighted by molar-refractivity contribution is 5.80. The van der Waals surface area contributed by atoms with Gasteiger partial charge in [0.15, 0.2) is 0 Å². The molecule has 4 rings (SSSR count). The van der Waals surface area contributed by atoms with Gasteiger partial charge in [-0.05, 0) is 43.4 Å². The van der Waals surface area contributed by atoms with Gasteiger partial charge in [0.1, 0.15) is 5.82 Å². The monoisotopic (exact) mass is 335 g/mol. The lowest BCUT2D eigenvalue weighted by atomic mass is 9.95. The van der Waals surface area contributed by atoms with Crippen molar-refractivity contribution in [2.75, 3.05) is 24.5 Å². The van der Waals surface area contributed by atoms with E-state index in [-0.39, 0.29) is 12.0 Å². The lowest BCUT2D eigenvalue weighted by Crippen LogP contribution is -2.45. The highest BCUT2D eigenvalue weighted by Crippen LogP contribution is 2.34. The van der Waals surface area contributed by atoms with Gasteiger partial charge < -0.3 is 9.80 Å². The molecule has 0 radical (unpaired) electrons. The van der Waals surface area contributed by atoms with Gasteiger partial charge in [0.25, 0.3) is 0 Å². The Morgan fingerprint density at radius 1 is 0.960 bits per heavy atom. The first-order chi connectivity index (χ1) is 12.3. The Bertz CT molecular complexity index is 704. The van der Waals surface area contributed by atoms with Crippen molar-refractivity contribution in [1.29, 1.82) is 0 Å². The van der Waals surface area contributed by atoms with Crippen molar-refractivity contribution in [3.63, 3.8) is 0 Å². The number of likely N-dealkylation sites (tertiary alicyclic amines) is 1. The van der Waals surface area contributed by atoms with Crippen LogP contribution in [0.2, 0.25) is 0 Å². The molecule has 1 amide bonds. The Hall–Kier alpha value is -2.36. The summed E-state index contributed by atoms with van der Waals surface area (Å²) in [4.78, 5) is 22.1. The minimum absolute atomic E-state index is 0.0834. The van der Waals surface area contributed by atoms with Gasteiger partial charge in [-0.15, -0.1) is 0 Å². The largest absolute Gasteiger partial charge is 0.356 e. The molecule has 0 unspecified atom stereocenters. The molecule has 2 atom stereocenters. The number of hydrogen-bond acceptors (Lipinski definition) is 3. The SMILES string of the molecule is O=C([C@@H]1CCCN(c2ccccn2)C1)N1CCC[C@@H]1c1ccccc1. The first kappa shape index (κ1) is 16.1. The fourth-order valence-electron chi connectivity index (χ4n) is 4.21. The Morgan fingerprint density at radius 2 is 1.76 bits per heavy atom. The smallest absolute Gasteiger partial charge is 0.227 e. The Labute approximate surface area is 149 Å². The van der Waals surface area contributed by atoms with Crippen molar-refractivity contribution in [3.8, 4) is 0 Å². The molecular formula is C21H25N3O. The predicted octanol–water partition coefficient (Wildman–Crippen LogP) is 3.66. The molecule has 4 heteroatoms. The summed E-state index contributed by atoms with van der Waals surface area (Å²) in [5.41, 5.74) is 1.27. The summed E-state index contributed by atoms with van der Waals surface area (Å²) in [6.07, 6.45) is 6.04. The summed E-state index contributed by atoms with van der Waals surface area (Å²) in [6.45, 7) is 2.66. The zero-order valence-electron chi connectivity index (χ0n) is 14.6. The number of pyridine rings is 1. The third-order valence-corrected chi connectivity index (χ3v) is 5.46. The van der Waals surface area contributed by atoms with E-state index < -0.39 is 0 Å². The number of hydrogen-bond donors (Lipinski definition) is 0. The van der Waals surface area contributed by atoms with E-state index in [4.69, 9.17) is 0 Å². The van der Waals surface area contributed by atoms with Crippen LogP contribution in [-0.2, 0) is 4.79 Å². The number of anilines is 1. The zero-order valence-corrected chi connectivity index (χ0v) is 14.6. The van der Waals surface area contributed by atoms with Crippen LogP contribution in [0.4, 0.5) is 5.82 Å². The van der Waals surface area contributed by atoms with E-state index in [9.17, 15) is 4.79 Å². The van der Waals surface area contributed by atoms with Crippen LogP contribution in [0.15, 0.2) is 54.7 Å². The van der Waals surface area contributed by atoms with E-state index in [2.05, 4.69) is 39.0 Å². The number of amides is 1. The summed E-state index contributed by atoms with van der Waals surface area (Å²) in [6, 6.07) is 16.7. The molecule has 4 nitrogen and oxygen atoms in total. The van der Waals surface area contributed by atoms with Gasteiger partial charge in [0.2, 0.25) is 5.91 Å². The molecule has 3 heterocycles. The second-order valence-corrected chi connectivity index (χ2v) is 7.07. The maximum absolute atomic E-state index is 13.2. The average Bonchev–Trinajstić information content (AvgIpc) is 3.19. The molecule has 130 valence electrons. The van der Waals surface area contributed by atoms with Gasteiger partial charge in [-0.25, -0.2) is 4.98 Å². The molecule has 0 aliphatic carbocycles. The van der Waals surface area contributed by atoms with E-state index in [1.54, 1.807) is 0 Å². The quantitative estimate of drug-likeness (QED) is 0.859. The number of carbonyl (C=O) groups is 1. The van der Waals surface area contributed by atoms with Crippen LogP contribution < -0.4 is 4.90 Å². The minimum atomic E-state index is 0.0834. The van der Waals surface area contributed by atoms with Crippen LogP contribution in [0.3, 0.4) is 0 Å². The summed E-state index contributed by atoms with van der Waals surface area (Å²) in [5, 5.41) is 0. The van der Waals surface area contributed by atoms with Gasteiger partial charge in [0, 0.05) is 25.8 Å². The maximum Gasteiger partial charge on any atom is 0.227 e. The molecule has 1 aromatic carbocycles. The average molecular weight is 335 g/mol. The van der Waals surface area contributed by atoms with Crippen LogP contribution in [-0.4, -0.2) is 35.4 Å². The number of aromatic nitrogens is 1. The molecule has 0 bridgehead atoms. The predicted molar refractivity (Wildman–Crippen MR) is 99.3 cm³/mol. The number of carbonyl (C=O) groups excluding carboxylic acids is 1. The molecule has 1 aromatic heterocycles. The first-order valence-corrected chi connectivity index (χ1v) is 9.34. The van der Waals surface area contributed by atoms with Crippen molar-refractivity contribution in [1.82, 2.24) is 9.88 Å². The lowest BCUT2D eigenvalue weighted by molar-refractivity contribution is -0.136. The lowest BCUT2D eigenvalue weighted by Gasteiger charge is -2.36. The molecule has 2 aliphatic heterocycles. The van der Waals surface area contributed by atoms with Crippen LogP contribution >= 0.6 is 0 Å². The minimum Gasteiger partial charge on any atom is -0.356 e. The van der Waals surface area contributed by atoms with Gasteiger partial charge in [0.05, 0.1) is 12.0 Å². The topological polar surface area (TPSA) is 36.4 Å². The molecule has 25 heavy (non-hydrogen) atoms. The third-order valence-electron chi connectivity index (χ3n) is 5.46. The Kier molecular flexibility index (Phi) is 4.68. The van der Waals surface area contributed by atoms with Crippen molar-refractivity contribution in [2.45, 2.75) is 31.7 Å².